The van der Waals surface area contributed by atoms with Crippen LogP contribution in [-0.2, 0) is 30.5 Å². The number of nitrogens with zero attached hydrogens (tertiary/aromatic N) is 1. The molecular formula is C31H28NO5PPdS. The number of rotatable bonds is 5. The Morgan fingerprint density at radius 3 is 1.35 bits per heavy atom. The summed E-state index contributed by atoms with van der Waals surface area (Å²) in [5.41, 5.74) is 1.04. The van der Waals surface area contributed by atoms with Crippen LogP contribution in [0.5, 0.6) is 0 Å². The minimum absolute atomic E-state index is 0. The summed E-state index contributed by atoms with van der Waals surface area (Å²) >= 11 is 0. The molecule has 9 heteroatoms. The third-order valence-electron chi connectivity index (χ3n) is 5.25. The summed E-state index contributed by atoms with van der Waals surface area (Å²) in [4.78, 5) is 13.7. The van der Waals surface area contributed by atoms with Crippen LogP contribution in [0.2, 0.25) is 0 Å². The molecule has 0 saturated heterocycles. The maximum Gasteiger partial charge on any atom is 0.354 e. The van der Waals surface area contributed by atoms with Gasteiger partial charge in [0.25, 0.3) is 10.1 Å². The van der Waals surface area contributed by atoms with E-state index in [4.69, 9.17) is 9.66 Å². The molecule has 0 saturated carbocycles. The van der Waals surface area contributed by atoms with Crippen molar-refractivity contribution < 1.29 is 43.3 Å². The number of aromatic carboxylic acids is 1. The molecule has 0 unspecified atom stereocenters. The Kier molecular flexibility index (Phi) is 13.6. The molecule has 40 heavy (non-hydrogen) atoms. The molecule has 1 aromatic heterocycles. The molecule has 0 spiro atoms. The van der Waals surface area contributed by atoms with Crippen molar-refractivity contribution in [3.63, 3.8) is 0 Å². The molecule has 5 rings (SSSR count). The maximum atomic E-state index is 10.5. The van der Waals surface area contributed by atoms with E-state index < -0.39 is 24.0 Å². The van der Waals surface area contributed by atoms with Gasteiger partial charge in [-0.1, -0.05) is 115 Å². The summed E-state index contributed by atoms with van der Waals surface area (Å²) in [7, 11) is -4.47. The summed E-state index contributed by atoms with van der Waals surface area (Å²) in [6, 6.07) is 43.1. The van der Waals surface area contributed by atoms with E-state index in [0.29, 0.717) is 0 Å². The second-order valence-corrected chi connectivity index (χ2v) is 11.8. The number of hydrogen-bond acceptors (Lipinski definition) is 4. The summed E-state index contributed by atoms with van der Waals surface area (Å²) in [5, 5.41) is 12.5. The van der Waals surface area contributed by atoms with Gasteiger partial charge in [-0.15, -0.1) is 0 Å². The van der Waals surface area contributed by atoms with Gasteiger partial charge in [-0.05, 0) is 55.0 Å². The molecule has 0 aliphatic carbocycles. The fraction of sp³-hybridized carbons (Fsp3) is 0.0323. The number of aryl methyl sites for hydroxylation is 1. The zero-order chi connectivity index (χ0) is 28.1. The van der Waals surface area contributed by atoms with Crippen LogP contribution in [0, 0.1) is 6.92 Å². The van der Waals surface area contributed by atoms with E-state index in [9.17, 15) is 13.2 Å². The molecule has 0 amide bonds. The fourth-order valence-corrected chi connectivity index (χ4v) is 6.16. The Labute approximate surface area is 249 Å². The van der Waals surface area contributed by atoms with Gasteiger partial charge >= 0.3 is 5.97 Å². The summed E-state index contributed by atoms with van der Waals surface area (Å²) in [5.74, 6) is -0.990. The molecule has 5 aromatic rings. The average Bonchev–Trinajstić information content (AvgIpc) is 2.96. The van der Waals surface area contributed by atoms with Crippen LogP contribution in [0.25, 0.3) is 0 Å². The number of carboxylic acids is 1. The Bertz CT molecular complexity index is 1450. The number of carbonyl (C=O) groups is 1. The van der Waals surface area contributed by atoms with Gasteiger partial charge in [-0.25, -0.2) is 9.78 Å². The molecule has 0 fully saturated rings. The van der Waals surface area contributed by atoms with Gasteiger partial charge < -0.3 is 5.11 Å². The van der Waals surface area contributed by atoms with E-state index in [1.54, 1.807) is 24.3 Å². The molecule has 0 radical (unpaired) electrons. The van der Waals surface area contributed by atoms with Crippen LogP contribution in [0.1, 0.15) is 16.1 Å². The van der Waals surface area contributed by atoms with Crippen molar-refractivity contribution in [2.75, 3.05) is 0 Å². The van der Waals surface area contributed by atoms with Crippen LogP contribution in [0.15, 0.2) is 145 Å². The number of pyridine rings is 1. The van der Waals surface area contributed by atoms with Gasteiger partial charge in [-0.3, -0.25) is 4.55 Å². The van der Waals surface area contributed by atoms with Crippen LogP contribution in [-0.4, -0.2) is 29.0 Å². The number of hydrogen-bond donors (Lipinski definition) is 2. The molecule has 208 valence electrons. The first kappa shape index (κ1) is 32.7. The van der Waals surface area contributed by atoms with Gasteiger partial charge in [0, 0.05) is 26.6 Å². The fourth-order valence-electron chi connectivity index (χ4n) is 3.38. The van der Waals surface area contributed by atoms with Crippen LogP contribution >= 0.6 is 7.92 Å². The molecule has 0 aliphatic rings. The predicted octanol–water partition coefficient (Wildman–Crippen LogP) is 5.46. The summed E-state index contributed by atoms with van der Waals surface area (Å²) in [6.07, 6.45) is 1.45. The topological polar surface area (TPSA) is 105 Å². The largest absolute Gasteiger partial charge is 0.477 e. The molecule has 0 bridgehead atoms. The van der Waals surface area contributed by atoms with Crippen molar-refractivity contribution in [3.05, 3.63) is 151 Å². The Balaban J connectivity index is 0.000000228. The molecule has 1 heterocycles. The first-order valence-corrected chi connectivity index (χ1v) is 14.7. The molecule has 0 atom stereocenters. The van der Waals surface area contributed by atoms with E-state index in [-0.39, 0.29) is 31.0 Å². The summed E-state index contributed by atoms with van der Waals surface area (Å²) in [6.45, 7) is 1.84. The van der Waals surface area contributed by atoms with E-state index in [1.165, 1.54) is 40.3 Å². The van der Waals surface area contributed by atoms with Gasteiger partial charge in [0.15, 0.2) is 0 Å². The average molecular weight is 664 g/mol. The molecule has 4 aromatic carbocycles. The van der Waals surface area contributed by atoms with Crippen molar-refractivity contribution in [2.24, 2.45) is 0 Å². The Morgan fingerprint density at radius 2 is 1.05 bits per heavy atom. The van der Waals surface area contributed by atoms with Gasteiger partial charge in [0.2, 0.25) is 0 Å². The van der Waals surface area contributed by atoms with Crippen LogP contribution in [0.4, 0.5) is 0 Å². The predicted molar refractivity (Wildman–Crippen MR) is 157 cm³/mol. The third-order valence-corrected chi connectivity index (χ3v) is 8.56. The zero-order valence-corrected chi connectivity index (χ0v) is 24.8. The zero-order valence-electron chi connectivity index (χ0n) is 21.5. The molecule has 6 nitrogen and oxygen atoms in total. The van der Waals surface area contributed by atoms with Gasteiger partial charge in [0.05, 0.1) is 4.90 Å². The quantitative estimate of drug-likeness (QED) is 0.147. The number of carboxylic acid groups (broad SMARTS) is 1. The molecule has 0 aliphatic heterocycles. The molecule has 2 N–H and O–H groups in total. The van der Waals surface area contributed by atoms with E-state index in [0.717, 1.165) is 5.56 Å². The first-order valence-electron chi connectivity index (χ1n) is 11.9. The minimum atomic E-state index is -4.02. The third kappa shape index (κ3) is 10.6. The van der Waals surface area contributed by atoms with Crippen molar-refractivity contribution in [2.45, 2.75) is 11.8 Å². The SMILES string of the molecule is Cc1ccc(S(=O)(=O)O)cc1.O=C(O)c1ccccn1.[Pd].c1ccc(P(c2ccccc2)c2ccccc2)cc1. The van der Waals surface area contributed by atoms with Crippen LogP contribution < -0.4 is 15.9 Å². The standard InChI is InChI=1S/C18H15P.C7H8O3S.C6H5NO2.Pd/c1-4-10-16(11-5-1)19(17-12-6-2-7-13-17)18-14-8-3-9-15-18;1-6-2-4-7(5-3-6)11(8,9)10;8-6(9)5-3-1-2-4-7-5;/h1-15H;2-5H,1H3,(H,8,9,10);1-4H,(H,8,9);. The Hall–Kier alpha value is -3.50. The van der Waals surface area contributed by atoms with Crippen molar-refractivity contribution in [1.29, 1.82) is 0 Å². The maximum absolute atomic E-state index is 10.5. The van der Waals surface area contributed by atoms with Gasteiger partial charge in [-0.2, -0.15) is 8.42 Å². The minimum Gasteiger partial charge on any atom is -0.477 e. The molecular weight excluding hydrogens is 636 g/mol. The Morgan fingerprint density at radius 1 is 0.650 bits per heavy atom. The van der Waals surface area contributed by atoms with Crippen molar-refractivity contribution in [3.8, 4) is 0 Å². The van der Waals surface area contributed by atoms with Crippen molar-refractivity contribution >= 4 is 39.9 Å². The first-order chi connectivity index (χ1) is 18.8. The second kappa shape index (κ2) is 16.6. The second-order valence-electron chi connectivity index (χ2n) is 8.15. The van der Waals surface area contributed by atoms with Crippen molar-refractivity contribution in [1.82, 2.24) is 4.98 Å². The number of aromatic nitrogens is 1. The normalized spacial score (nSPS) is 10.2. The van der Waals surface area contributed by atoms with E-state index in [1.807, 2.05) is 6.92 Å². The van der Waals surface area contributed by atoms with E-state index >= 15 is 0 Å². The van der Waals surface area contributed by atoms with Crippen LogP contribution in [0.3, 0.4) is 0 Å². The smallest absolute Gasteiger partial charge is 0.354 e. The number of benzene rings is 4. The van der Waals surface area contributed by atoms with E-state index in [2.05, 4.69) is 96.0 Å². The summed E-state index contributed by atoms with van der Waals surface area (Å²) < 4.78 is 29.6. The monoisotopic (exact) mass is 663 g/mol. The van der Waals surface area contributed by atoms with Gasteiger partial charge in [0.1, 0.15) is 5.69 Å².